The molecular weight excluding hydrogens is 450 g/mol. The average Bonchev–Trinajstić information content (AvgIpc) is 2.83. The summed E-state index contributed by atoms with van der Waals surface area (Å²) < 4.78 is 8.20. The number of allylic oxidation sites excluding steroid dienone is 1. The zero-order chi connectivity index (χ0) is 25.1. The van der Waals surface area contributed by atoms with Gasteiger partial charge in [-0.1, -0.05) is 35.9 Å². The number of benzene rings is 2. The van der Waals surface area contributed by atoms with Crippen molar-refractivity contribution in [3.8, 4) is 5.75 Å². The third-order valence-corrected chi connectivity index (χ3v) is 5.54. The van der Waals surface area contributed by atoms with E-state index in [4.69, 9.17) is 9.84 Å². The Bertz CT molecular complexity index is 1470. The SMILES string of the molecule is Cc1ccc(Cn2c(Nc3ccc(OC4=NC(C(=O)O)=CCC4)c(C)c3)nc(=O)n(C)c2=O)cc1. The van der Waals surface area contributed by atoms with Crippen molar-refractivity contribution in [2.45, 2.75) is 33.2 Å². The maximum absolute atomic E-state index is 12.9. The lowest BCUT2D eigenvalue weighted by atomic mass is 10.1. The van der Waals surface area contributed by atoms with Crippen LogP contribution in [0.1, 0.15) is 29.5 Å². The van der Waals surface area contributed by atoms with Crippen LogP contribution in [0.4, 0.5) is 11.6 Å². The van der Waals surface area contributed by atoms with Gasteiger partial charge in [0.1, 0.15) is 11.4 Å². The Hall–Kier alpha value is -4.47. The van der Waals surface area contributed by atoms with Crippen LogP contribution >= 0.6 is 0 Å². The molecule has 0 atom stereocenters. The van der Waals surface area contributed by atoms with E-state index in [1.165, 1.54) is 11.6 Å². The van der Waals surface area contributed by atoms with Crippen LogP contribution in [0, 0.1) is 13.8 Å². The van der Waals surface area contributed by atoms with E-state index < -0.39 is 17.3 Å². The molecular formula is C25H25N5O5. The van der Waals surface area contributed by atoms with Gasteiger partial charge in [-0.15, -0.1) is 0 Å². The van der Waals surface area contributed by atoms with Gasteiger partial charge in [0.25, 0.3) is 0 Å². The van der Waals surface area contributed by atoms with E-state index in [-0.39, 0.29) is 18.2 Å². The minimum atomic E-state index is -1.10. The Morgan fingerprint density at radius 2 is 1.89 bits per heavy atom. The summed E-state index contributed by atoms with van der Waals surface area (Å²) in [5, 5.41) is 12.2. The van der Waals surface area contributed by atoms with Gasteiger partial charge in [-0.05, 0) is 49.6 Å². The number of nitrogens with zero attached hydrogens (tertiary/aromatic N) is 4. The Labute approximate surface area is 200 Å². The first-order chi connectivity index (χ1) is 16.7. The fraction of sp³-hybridized carbons (Fsp3) is 0.240. The van der Waals surface area contributed by atoms with Gasteiger partial charge in [0.2, 0.25) is 5.95 Å². The van der Waals surface area contributed by atoms with Crippen LogP contribution in [0.2, 0.25) is 0 Å². The van der Waals surface area contributed by atoms with Crippen LogP contribution in [0.5, 0.6) is 5.75 Å². The van der Waals surface area contributed by atoms with Crippen LogP contribution in [-0.4, -0.2) is 31.1 Å². The highest BCUT2D eigenvalue weighted by Gasteiger charge is 2.16. The number of ether oxygens (including phenoxy) is 1. The second-order valence-corrected chi connectivity index (χ2v) is 8.28. The standard InChI is InChI=1S/C25H25N5O5/c1-15-7-9-17(10-8-15)14-30-23(28-24(33)29(3)25(30)34)26-18-11-12-20(16(2)13-18)35-21-6-4-5-19(27-21)22(31)32/h5,7-13H,4,6,14H2,1-3H3,(H,31,32)(H,26,28,33). The van der Waals surface area contributed by atoms with Crippen molar-refractivity contribution in [3.05, 3.63) is 91.9 Å². The van der Waals surface area contributed by atoms with Crippen LogP contribution in [-0.2, 0) is 18.4 Å². The zero-order valence-electron chi connectivity index (χ0n) is 19.6. The summed E-state index contributed by atoms with van der Waals surface area (Å²) in [6, 6.07) is 13.0. The molecule has 10 nitrogen and oxygen atoms in total. The molecule has 1 aliphatic heterocycles. The number of hydrogen-bond donors (Lipinski definition) is 2. The van der Waals surface area contributed by atoms with Crippen molar-refractivity contribution in [1.29, 1.82) is 0 Å². The van der Waals surface area contributed by atoms with Crippen molar-refractivity contribution < 1.29 is 14.6 Å². The maximum Gasteiger partial charge on any atom is 0.354 e. The van der Waals surface area contributed by atoms with Gasteiger partial charge in [-0.2, -0.15) is 4.98 Å². The molecule has 0 fully saturated rings. The quantitative estimate of drug-likeness (QED) is 0.561. The molecule has 2 N–H and O–H groups in total. The third-order valence-electron chi connectivity index (χ3n) is 5.54. The third kappa shape index (κ3) is 5.37. The molecule has 0 aliphatic carbocycles. The summed E-state index contributed by atoms with van der Waals surface area (Å²) in [5.74, 6) is -0.122. The molecule has 4 rings (SSSR count). The monoisotopic (exact) mass is 475 g/mol. The molecule has 0 amide bonds. The van der Waals surface area contributed by atoms with Crippen LogP contribution < -0.4 is 21.4 Å². The van der Waals surface area contributed by atoms with Crippen LogP contribution in [0.3, 0.4) is 0 Å². The molecule has 3 aromatic rings. The summed E-state index contributed by atoms with van der Waals surface area (Å²) in [5.41, 5.74) is 2.17. The first kappa shape index (κ1) is 23.7. The van der Waals surface area contributed by atoms with E-state index in [1.807, 2.05) is 38.1 Å². The number of carboxylic acids is 1. The highest BCUT2D eigenvalue weighted by atomic mass is 16.5. The molecule has 0 saturated carbocycles. The number of anilines is 2. The van der Waals surface area contributed by atoms with Crippen LogP contribution in [0.15, 0.2) is 68.8 Å². The lowest BCUT2D eigenvalue weighted by molar-refractivity contribution is -0.132. The molecule has 10 heteroatoms. The van der Waals surface area contributed by atoms with Crippen molar-refractivity contribution in [3.63, 3.8) is 0 Å². The molecule has 2 aromatic carbocycles. The molecule has 35 heavy (non-hydrogen) atoms. The fourth-order valence-corrected chi connectivity index (χ4v) is 3.57. The summed E-state index contributed by atoms with van der Waals surface area (Å²) in [4.78, 5) is 44.4. The number of aliphatic carboxylic acids is 1. The van der Waals surface area contributed by atoms with Gasteiger partial charge in [0, 0.05) is 19.2 Å². The predicted octanol–water partition coefficient (Wildman–Crippen LogP) is 2.89. The van der Waals surface area contributed by atoms with E-state index in [0.29, 0.717) is 30.2 Å². The van der Waals surface area contributed by atoms with Gasteiger partial charge in [-0.3, -0.25) is 4.57 Å². The van der Waals surface area contributed by atoms with Gasteiger partial charge >= 0.3 is 17.3 Å². The highest BCUT2D eigenvalue weighted by molar-refractivity contribution is 5.92. The second kappa shape index (κ2) is 9.80. The van der Waals surface area contributed by atoms with Crippen molar-refractivity contribution >= 4 is 23.5 Å². The van der Waals surface area contributed by atoms with Crippen LogP contribution in [0.25, 0.3) is 0 Å². The Kier molecular flexibility index (Phi) is 6.63. The number of hydrogen-bond acceptors (Lipinski definition) is 7. The average molecular weight is 476 g/mol. The Morgan fingerprint density at radius 3 is 2.57 bits per heavy atom. The largest absolute Gasteiger partial charge is 0.477 e. The lowest BCUT2D eigenvalue weighted by Gasteiger charge is -2.16. The molecule has 0 unspecified atom stereocenters. The Morgan fingerprint density at radius 1 is 1.14 bits per heavy atom. The molecule has 1 aromatic heterocycles. The summed E-state index contributed by atoms with van der Waals surface area (Å²) in [6.07, 6.45) is 2.59. The number of aryl methyl sites for hydroxylation is 2. The van der Waals surface area contributed by atoms with Gasteiger partial charge < -0.3 is 15.2 Å². The topological polar surface area (TPSA) is 128 Å². The number of aliphatic imine (C=N–C) groups is 1. The molecule has 0 saturated heterocycles. The molecule has 1 aliphatic rings. The summed E-state index contributed by atoms with van der Waals surface area (Å²) in [6.45, 7) is 4.05. The number of carboxylic acid groups (broad SMARTS) is 1. The first-order valence-corrected chi connectivity index (χ1v) is 11.0. The number of carbonyl (C=O) groups is 1. The van der Waals surface area contributed by atoms with E-state index in [1.54, 1.807) is 24.3 Å². The summed E-state index contributed by atoms with van der Waals surface area (Å²) in [7, 11) is 1.39. The number of aromatic nitrogens is 3. The molecule has 180 valence electrons. The first-order valence-electron chi connectivity index (χ1n) is 11.0. The fourth-order valence-electron chi connectivity index (χ4n) is 3.57. The normalized spacial score (nSPS) is 13.1. The van der Waals surface area contributed by atoms with Gasteiger partial charge in [0.05, 0.1) is 6.54 Å². The molecule has 0 radical (unpaired) electrons. The minimum absolute atomic E-state index is 0.0366. The molecule has 2 heterocycles. The maximum atomic E-state index is 12.9. The smallest absolute Gasteiger partial charge is 0.354 e. The van der Waals surface area contributed by atoms with E-state index in [2.05, 4.69) is 15.3 Å². The highest BCUT2D eigenvalue weighted by Crippen LogP contribution is 2.25. The van der Waals surface area contributed by atoms with Crippen molar-refractivity contribution in [2.24, 2.45) is 12.0 Å². The van der Waals surface area contributed by atoms with Crippen molar-refractivity contribution in [2.75, 3.05) is 5.32 Å². The summed E-state index contributed by atoms with van der Waals surface area (Å²) >= 11 is 0. The zero-order valence-corrected chi connectivity index (χ0v) is 19.6. The van der Waals surface area contributed by atoms with Gasteiger partial charge in [0.15, 0.2) is 5.90 Å². The van der Waals surface area contributed by atoms with Crippen molar-refractivity contribution in [1.82, 2.24) is 14.1 Å². The van der Waals surface area contributed by atoms with E-state index in [9.17, 15) is 14.4 Å². The minimum Gasteiger partial charge on any atom is -0.477 e. The number of rotatable bonds is 6. The number of nitrogens with one attached hydrogen (secondary N) is 1. The Balaban J connectivity index is 1.60. The molecule has 0 spiro atoms. The molecule has 0 bridgehead atoms. The second-order valence-electron chi connectivity index (χ2n) is 8.28. The van der Waals surface area contributed by atoms with E-state index >= 15 is 0 Å². The predicted molar refractivity (Wildman–Crippen MR) is 131 cm³/mol. The van der Waals surface area contributed by atoms with E-state index in [0.717, 1.165) is 21.3 Å². The lowest BCUT2D eigenvalue weighted by Crippen LogP contribution is -2.41. The van der Waals surface area contributed by atoms with Gasteiger partial charge in [-0.25, -0.2) is 23.9 Å².